The minimum Gasteiger partial charge on any atom is -0.496 e. The number of methoxy groups -OCH3 is 1. The van der Waals surface area contributed by atoms with Crippen molar-refractivity contribution in [1.29, 1.82) is 0 Å². The smallest absolute Gasteiger partial charge is 0.171 e. The zero-order valence-corrected chi connectivity index (χ0v) is 9.63. The maximum Gasteiger partial charge on any atom is 0.171 e. The Morgan fingerprint density at radius 3 is 2.40 bits per heavy atom. The molecule has 15 heavy (non-hydrogen) atoms. The SMILES string of the molecule is COc1cc(N)ccc1C(=O)C(C)(C)C. The van der Waals surface area contributed by atoms with Gasteiger partial charge >= 0.3 is 0 Å². The van der Waals surface area contributed by atoms with E-state index in [0.29, 0.717) is 17.0 Å². The van der Waals surface area contributed by atoms with E-state index in [1.165, 1.54) is 7.11 Å². The molecule has 0 unspecified atom stereocenters. The monoisotopic (exact) mass is 207 g/mol. The van der Waals surface area contributed by atoms with E-state index in [0.717, 1.165) is 0 Å². The van der Waals surface area contributed by atoms with E-state index in [1.807, 2.05) is 20.8 Å². The molecule has 2 N–H and O–H groups in total. The average Bonchev–Trinajstić information content (AvgIpc) is 2.15. The predicted octanol–water partition coefficient (Wildman–Crippen LogP) is 2.51. The number of nitrogens with two attached hydrogens (primary N) is 1. The van der Waals surface area contributed by atoms with Crippen molar-refractivity contribution < 1.29 is 9.53 Å². The Bertz CT molecular complexity index is 378. The van der Waals surface area contributed by atoms with Crippen molar-refractivity contribution in [2.75, 3.05) is 12.8 Å². The van der Waals surface area contributed by atoms with Gasteiger partial charge in [-0.25, -0.2) is 0 Å². The molecule has 0 amide bonds. The molecule has 0 fully saturated rings. The first-order chi connectivity index (χ1) is 6.86. The van der Waals surface area contributed by atoms with Gasteiger partial charge in [-0.05, 0) is 12.1 Å². The summed E-state index contributed by atoms with van der Waals surface area (Å²) in [5.41, 5.74) is 6.38. The third-order valence-corrected chi connectivity index (χ3v) is 2.15. The Balaban J connectivity index is 3.20. The van der Waals surface area contributed by atoms with E-state index in [4.69, 9.17) is 10.5 Å². The standard InChI is InChI=1S/C12H17NO2/c1-12(2,3)11(14)9-6-5-8(13)7-10(9)15-4/h5-7H,13H2,1-4H3. The van der Waals surface area contributed by atoms with E-state index in [9.17, 15) is 4.79 Å². The summed E-state index contributed by atoms with van der Waals surface area (Å²) in [6.45, 7) is 5.64. The lowest BCUT2D eigenvalue weighted by Gasteiger charge is -2.18. The fourth-order valence-electron chi connectivity index (χ4n) is 1.30. The first kappa shape index (κ1) is 11.6. The zero-order chi connectivity index (χ0) is 11.6. The minimum absolute atomic E-state index is 0.0550. The largest absolute Gasteiger partial charge is 0.496 e. The number of ketones is 1. The third kappa shape index (κ3) is 2.49. The second-order valence-electron chi connectivity index (χ2n) is 4.54. The molecule has 0 bridgehead atoms. The summed E-state index contributed by atoms with van der Waals surface area (Å²) in [7, 11) is 1.54. The van der Waals surface area contributed by atoms with Crippen molar-refractivity contribution in [3.63, 3.8) is 0 Å². The fourth-order valence-corrected chi connectivity index (χ4v) is 1.30. The van der Waals surface area contributed by atoms with E-state index >= 15 is 0 Å². The van der Waals surface area contributed by atoms with Crippen molar-refractivity contribution >= 4 is 11.5 Å². The number of nitrogen functional groups attached to an aromatic ring is 1. The summed E-state index contributed by atoms with van der Waals surface area (Å²) in [5, 5.41) is 0. The normalized spacial score (nSPS) is 11.2. The summed E-state index contributed by atoms with van der Waals surface area (Å²) in [6, 6.07) is 5.09. The number of anilines is 1. The highest BCUT2D eigenvalue weighted by Gasteiger charge is 2.25. The molecule has 1 aromatic carbocycles. The molecule has 0 heterocycles. The van der Waals surface area contributed by atoms with Crippen molar-refractivity contribution in [1.82, 2.24) is 0 Å². The van der Waals surface area contributed by atoms with Crippen LogP contribution in [0.5, 0.6) is 5.75 Å². The highest BCUT2D eigenvalue weighted by Crippen LogP contribution is 2.28. The van der Waals surface area contributed by atoms with Gasteiger partial charge in [-0.3, -0.25) is 4.79 Å². The number of carbonyl (C=O) groups excluding carboxylic acids is 1. The highest BCUT2D eigenvalue weighted by atomic mass is 16.5. The molecule has 3 nitrogen and oxygen atoms in total. The lowest BCUT2D eigenvalue weighted by molar-refractivity contribution is 0.0855. The molecule has 1 rings (SSSR count). The Hall–Kier alpha value is -1.51. The van der Waals surface area contributed by atoms with Gasteiger partial charge in [0.05, 0.1) is 12.7 Å². The number of Topliss-reactive ketones (excluding diaryl/α,β-unsaturated/α-hetero) is 1. The predicted molar refractivity (Wildman–Crippen MR) is 61.2 cm³/mol. The molecule has 0 aliphatic rings. The maximum atomic E-state index is 12.0. The highest BCUT2D eigenvalue weighted by molar-refractivity contribution is 6.02. The summed E-state index contributed by atoms with van der Waals surface area (Å²) in [4.78, 5) is 12.0. The van der Waals surface area contributed by atoms with Crippen LogP contribution in [0.4, 0.5) is 5.69 Å². The van der Waals surface area contributed by atoms with E-state index in [2.05, 4.69) is 0 Å². The quantitative estimate of drug-likeness (QED) is 0.598. The Morgan fingerprint density at radius 2 is 1.93 bits per heavy atom. The number of benzene rings is 1. The van der Waals surface area contributed by atoms with E-state index in [1.54, 1.807) is 18.2 Å². The molecule has 0 aliphatic carbocycles. The first-order valence-electron chi connectivity index (χ1n) is 4.84. The van der Waals surface area contributed by atoms with Crippen LogP contribution in [0.25, 0.3) is 0 Å². The molecule has 0 atom stereocenters. The van der Waals surface area contributed by atoms with Gasteiger partial charge in [0, 0.05) is 17.2 Å². The maximum absolute atomic E-state index is 12.0. The topological polar surface area (TPSA) is 52.3 Å². The van der Waals surface area contributed by atoms with Gasteiger partial charge in [0.15, 0.2) is 5.78 Å². The van der Waals surface area contributed by atoms with Crippen molar-refractivity contribution in [3.05, 3.63) is 23.8 Å². The third-order valence-electron chi connectivity index (χ3n) is 2.15. The minimum atomic E-state index is -0.413. The van der Waals surface area contributed by atoms with Crippen LogP contribution in [0.15, 0.2) is 18.2 Å². The van der Waals surface area contributed by atoms with Crippen LogP contribution in [0.2, 0.25) is 0 Å². The molecule has 0 aliphatic heterocycles. The van der Waals surface area contributed by atoms with Crippen molar-refractivity contribution in [3.8, 4) is 5.75 Å². The fraction of sp³-hybridized carbons (Fsp3) is 0.417. The molecule has 0 saturated heterocycles. The summed E-state index contributed by atoms with van der Waals surface area (Å²) in [5.74, 6) is 0.592. The van der Waals surface area contributed by atoms with Crippen LogP contribution in [0.1, 0.15) is 31.1 Å². The molecular weight excluding hydrogens is 190 g/mol. The van der Waals surface area contributed by atoms with Gasteiger partial charge in [0.1, 0.15) is 5.75 Å². The van der Waals surface area contributed by atoms with Gasteiger partial charge in [0.2, 0.25) is 0 Å². The number of hydrogen-bond acceptors (Lipinski definition) is 3. The molecule has 1 aromatic rings. The molecule has 0 spiro atoms. The molecule has 0 aromatic heterocycles. The molecule has 0 radical (unpaired) electrons. The van der Waals surface area contributed by atoms with Crippen LogP contribution < -0.4 is 10.5 Å². The van der Waals surface area contributed by atoms with E-state index < -0.39 is 5.41 Å². The van der Waals surface area contributed by atoms with Crippen LogP contribution in [-0.4, -0.2) is 12.9 Å². The van der Waals surface area contributed by atoms with E-state index in [-0.39, 0.29) is 5.78 Å². The summed E-state index contributed by atoms with van der Waals surface area (Å²) < 4.78 is 5.14. The van der Waals surface area contributed by atoms with Crippen LogP contribution in [0, 0.1) is 5.41 Å². The van der Waals surface area contributed by atoms with Gasteiger partial charge in [-0.15, -0.1) is 0 Å². The lowest BCUT2D eigenvalue weighted by Crippen LogP contribution is -2.20. The number of carbonyl (C=O) groups is 1. The number of hydrogen-bond donors (Lipinski definition) is 1. The van der Waals surface area contributed by atoms with Crippen molar-refractivity contribution in [2.45, 2.75) is 20.8 Å². The second kappa shape index (κ2) is 3.93. The molecule has 0 saturated carbocycles. The van der Waals surface area contributed by atoms with Gasteiger partial charge in [-0.2, -0.15) is 0 Å². The van der Waals surface area contributed by atoms with Gasteiger partial charge in [-0.1, -0.05) is 20.8 Å². The zero-order valence-electron chi connectivity index (χ0n) is 9.63. The average molecular weight is 207 g/mol. The molecular formula is C12H17NO2. The molecule has 82 valence electrons. The van der Waals surface area contributed by atoms with Gasteiger partial charge in [0.25, 0.3) is 0 Å². The van der Waals surface area contributed by atoms with Crippen LogP contribution >= 0.6 is 0 Å². The van der Waals surface area contributed by atoms with Gasteiger partial charge < -0.3 is 10.5 Å². The summed E-state index contributed by atoms with van der Waals surface area (Å²) >= 11 is 0. The lowest BCUT2D eigenvalue weighted by atomic mass is 9.86. The number of ether oxygens (including phenoxy) is 1. The van der Waals surface area contributed by atoms with Crippen LogP contribution in [-0.2, 0) is 0 Å². The molecule has 3 heteroatoms. The number of rotatable bonds is 2. The second-order valence-corrected chi connectivity index (χ2v) is 4.54. The Morgan fingerprint density at radius 1 is 1.33 bits per heavy atom. The van der Waals surface area contributed by atoms with Crippen molar-refractivity contribution in [2.24, 2.45) is 5.41 Å². The van der Waals surface area contributed by atoms with Crippen LogP contribution in [0.3, 0.4) is 0 Å². The Labute approximate surface area is 90.2 Å². The first-order valence-corrected chi connectivity index (χ1v) is 4.84. The summed E-state index contributed by atoms with van der Waals surface area (Å²) in [6.07, 6.45) is 0. The Kier molecular flexibility index (Phi) is 3.03.